The maximum absolute atomic E-state index is 11.8. The molecule has 0 saturated carbocycles. The Labute approximate surface area is 132 Å². The molecule has 0 radical (unpaired) electrons. The molecule has 0 aromatic heterocycles. The summed E-state index contributed by atoms with van der Waals surface area (Å²) in [6.07, 6.45) is 4.03. The van der Waals surface area contributed by atoms with Gasteiger partial charge < -0.3 is 5.32 Å². The zero-order valence-electron chi connectivity index (χ0n) is 12.9. The van der Waals surface area contributed by atoms with E-state index in [4.69, 9.17) is 0 Å². The maximum Gasteiger partial charge on any atom is 0.243 e. The van der Waals surface area contributed by atoms with E-state index < -0.39 is 9.84 Å². The number of rotatable bonds is 6. The first-order chi connectivity index (χ1) is 10.4. The van der Waals surface area contributed by atoms with Gasteiger partial charge in [0.2, 0.25) is 5.91 Å². The van der Waals surface area contributed by atoms with E-state index >= 15 is 0 Å². The predicted molar refractivity (Wildman–Crippen MR) is 88.3 cm³/mol. The summed E-state index contributed by atoms with van der Waals surface area (Å²) < 4.78 is 22.7. The zero-order chi connectivity index (χ0) is 16.0. The minimum Gasteiger partial charge on any atom is -0.352 e. The van der Waals surface area contributed by atoms with Crippen molar-refractivity contribution < 1.29 is 13.2 Å². The molecule has 1 amide bonds. The quantitative estimate of drug-likeness (QED) is 0.816. The van der Waals surface area contributed by atoms with Crippen molar-refractivity contribution in [1.29, 1.82) is 0 Å². The molecule has 22 heavy (non-hydrogen) atoms. The van der Waals surface area contributed by atoms with Crippen LogP contribution in [0.25, 0.3) is 0 Å². The topological polar surface area (TPSA) is 63.2 Å². The number of hydrogen-bond donors (Lipinski definition) is 1. The van der Waals surface area contributed by atoms with Gasteiger partial charge in [-0.2, -0.15) is 0 Å². The van der Waals surface area contributed by atoms with E-state index in [0.717, 1.165) is 18.4 Å². The number of nitrogens with one attached hydrogen (secondary N) is 1. The molecule has 0 aliphatic carbocycles. The standard InChI is InChI=1S/C17H23NO3S/c1-14(7-8-15-5-3-2-4-6-15)11-17(19)18-12-16-9-10-22(20,21)13-16/h2-6,11,16H,7-10,12-13H2,1H3,(H,18,19)/b14-11+/t16-/m1/s1. The van der Waals surface area contributed by atoms with Crippen molar-refractivity contribution in [1.82, 2.24) is 5.32 Å². The van der Waals surface area contributed by atoms with E-state index in [2.05, 4.69) is 17.4 Å². The van der Waals surface area contributed by atoms with Crippen LogP contribution in [0.3, 0.4) is 0 Å². The van der Waals surface area contributed by atoms with Crippen molar-refractivity contribution >= 4 is 15.7 Å². The van der Waals surface area contributed by atoms with Gasteiger partial charge in [0.1, 0.15) is 0 Å². The highest BCUT2D eigenvalue weighted by molar-refractivity contribution is 7.91. The summed E-state index contributed by atoms with van der Waals surface area (Å²) in [5.74, 6) is 0.380. The maximum atomic E-state index is 11.8. The molecule has 1 heterocycles. The van der Waals surface area contributed by atoms with Crippen LogP contribution in [-0.4, -0.2) is 32.4 Å². The van der Waals surface area contributed by atoms with Gasteiger partial charge >= 0.3 is 0 Å². The van der Waals surface area contributed by atoms with Crippen LogP contribution in [-0.2, 0) is 21.1 Å². The highest BCUT2D eigenvalue weighted by atomic mass is 32.2. The average Bonchev–Trinajstić information content (AvgIpc) is 2.83. The highest BCUT2D eigenvalue weighted by Gasteiger charge is 2.27. The van der Waals surface area contributed by atoms with Crippen molar-refractivity contribution in [3.8, 4) is 0 Å². The van der Waals surface area contributed by atoms with Crippen LogP contribution in [0.4, 0.5) is 0 Å². The molecule has 1 atom stereocenters. The van der Waals surface area contributed by atoms with E-state index in [-0.39, 0.29) is 23.3 Å². The first-order valence-corrected chi connectivity index (χ1v) is 9.46. The van der Waals surface area contributed by atoms with Gasteiger partial charge in [-0.15, -0.1) is 0 Å². The molecule has 0 bridgehead atoms. The molecule has 4 nitrogen and oxygen atoms in total. The zero-order valence-corrected chi connectivity index (χ0v) is 13.7. The summed E-state index contributed by atoms with van der Waals surface area (Å²) in [5, 5.41) is 2.81. The molecule has 1 fully saturated rings. The van der Waals surface area contributed by atoms with Crippen LogP contribution >= 0.6 is 0 Å². The van der Waals surface area contributed by atoms with Gasteiger partial charge in [0, 0.05) is 12.6 Å². The minimum atomic E-state index is -2.87. The van der Waals surface area contributed by atoms with Gasteiger partial charge in [-0.3, -0.25) is 4.79 Å². The van der Waals surface area contributed by atoms with Crippen LogP contribution < -0.4 is 5.32 Å². The lowest BCUT2D eigenvalue weighted by atomic mass is 10.1. The Morgan fingerprint density at radius 2 is 2.05 bits per heavy atom. The van der Waals surface area contributed by atoms with Crippen molar-refractivity contribution in [2.45, 2.75) is 26.2 Å². The van der Waals surface area contributed by atoms with Crippen LogP contribution in [0.2, 0.25) is 0 Å². The van der Waals surface area contributed by atoms with Crippen molar-refractivity contribution in [2.24, 2.45) is 5.92 Å². The first-order valence-electron chi connectivity index (χ1n) is 7.64. The lowest BCUT2D eigenvalue weighted by Crippen LogP contribution is -2.28. The summed E-state index contributed by atoms with van der Waals surface area (Å²) in [5.41, 5.74) is 2.28. The average molecular weight is 321 g/mol. The molecule has 1 aromatic carbocycles. The van der Waals surface area contributed by atoms with Crippen LogP contribution in [0.5, 0.6) is 0 Å². The number of sulfone groups is 1. The number of carbonyl (C=O) groups excluding carboxylic acids is 1. The number of hydrogen-bond acceptors (Lipinski definition) is 3. The van der Waals surface area contributed by atoms with Gasteiger partial charge in [-0.25, -0.2) is 8.42 Å². The molecule has 1 aliphatic rings. The molecular weight excluding hydrogens is 298 g/mol. The molecular formula is C17H23NO3S. The SMILES string of the molecule is C/C(=C\C(=O)NC[C@H]1CCS(=O)(=O)C1)CCc1ccccc1. The third-order valence-electron chi connectivity index (χ3n) is 3.92. The molecule has 2 rings (SSSR count). The lowest BCUT2D eigenvalue weighted by Gasteiger charge is -2.08. The van der Waals surface area contributed by atoms with E-state index in [1.807, 2.05) is 25.1 Å². The molecule has 1 N–H and O–H groups in total. The fourth-order valence-electron chi connectivity index (χ4n) is 2.61. The number of benzene rings is 1. The second-order valence-electron chi connectivity index (χ2n) is 5.99. The number of allylic oxidation sites excluding steroid dienone is 1. The van der Waals surface area contributed by atoms with E-state index in [0.29, 0.717) is 13.0 Å². The molecule has 120 valence electrons. The van der Waals surface area contributed by atoms with Crippen molar-refractivity contribution in [2.75, 3.05) is 18.1 Å². The Kier molecular flexibility index (Phi) is 5.77. The third-order valence-corrected chi connectivity index (χ3v) is 5.76. The van der Waals surface area contributed by atoms with E-state index in [9.17, 15) is 13.2 Å². The summed E-state index contributed by atoms with van der Waals surface area (Å²) in [6.45, 7) is 2.39. The van der Waals surface area contributed by atoms with Gasteiger partial charge in [-0.1, -0.05) is 35.9 Å². The lowest BCUT2D eigenvalue weighted by molar-refractivity contribution is -0.116. The molecule has 0 unspecified atom stereocenters. The summed E-state index contributed by atoms with van der Waals surface area (Å²) in [7, 11) is -2.87. The van der Waals surface area contributed by atoms with Crippen molar-refractivity contribution in [3.05, 3.63) is 47.5 Å². The van der Waals surface area contributed by atoms with Crippen LogP contribution in [0, 0.1) is 5.92 Å². The fourth-order valence-corrected chi connectivity index (χ4v) is 4.47. The Bertz CT molecular complexity index is 635. The number of aryl methyl sites for hydroxylation is 1. The van der Waals surface area contributed by atoms with E-state index in [1.54, 1.807) is 6.08 Å². The summed E-state index contributed by atoms with van der Waals surface area (Å²) in [4.78, 5) is 11.8. The first kappa shape index (κ1) is 16.7. The largest absolute Gasteiger partial charge is 0.352 e. The molecule has 1 aromatic rings. The van der Waals surface area contributed by atoms with Crippen molar-refractivity contribution in [3.63, 3.8) is 0 Å². The Balaban J connectivity index is 1.73. The number of amides is 1. The Morgan fingerprint density at radius 3 is 2.68 bits per heavy atom. The third kappa shape index (κ3) is 5.64. The molecule has 1 aliphatic heterocycles. The molecule has 0 spiro atoms. The summed E-state index contributed by atoms with van der Waals surface area (Å²) in [6, 6.07) is 10.2. The second kappa shape index (κ2) is 7.58. The van der Waals surface area contributed by atoms with Crippen LogP contribution in [0.1, 0.15) is 25.3 Å². The minimum absolute atomic E-state index is 0.0620. The van der Waals surface area contributed by atoms with Gasteiger partial charge in [0.25, 0.3) is 0 Å². The van der Waals surface area contributed by atoms with Gasteiger partial charge in [-0.05, 0) is 37.7 Å². The Hall–Kier alpha value is -1.62. The normalized spacial score (nSPS) is 20.8. The fraction of sp³-hybridized carbons (Fsp3) is 0.471. The number of carbonyl (C=O) groups is 1. The monoisotopic (exact) mass is 321 g/mol. The molecule has 1 saturated heterocycles. The van der Waals surface area contributed by atoms with Gasteiger partial charge in [0.05, 0.1) is 11.5 Å². The van der Waals surface area contributed by atoms with E-state index in [1.165, 1.54) is 5.56 Å². The smallest absolute Gasteiger partial charge is 0.243 e. The predicted octanol–water partition coefficient (Wildman–Crippen LogP) is 2.12. The Morgan fingerprint density at radius 1 is 1.32 bits per heavy atom. The van der Waals surface area contributed by atoms with Gasteiger partial charge in [0.15, 0.2) is 9.84 Å². The summed E-state index contributed by atoms with van der Waals surface area (Å²) >= 11 is 0. The highest BCUT2D eigenvalue weighted by Crippen LogP contribution is 2.17. The van der Waals surface area contributed by atoms with Crippen LogP contribution in [0.15, 0.2) is 42.0 Å². The molecule has 5 heteroatoms. The second-order valence-corrected chi connectivity index (χ2v) is 8.22.